The van der Waals surface area contributed by atoms with Gasteiger partial charge in [-0.2, -0.15) is 0 Å². The molecule has 82 valence electrons. The lowest BCUT2D eigenvalue weighted by atomic mass is 9.97. The Bertz CT molecular complexity index is 208. The molecule has 0 atom stereocenters. The highest BCUT2D eigenvalue weighted by Crippen LogP contribution is 2.18. The van der Waals surface area contributed by atoms with Gasteiger partial charge in [0.15, 0.2) is 0 Å². The first-order valence-electron chi connectivity index (χ1n) is 5.51. The van der Waals surface area contributed by atoms with Crippen LogP contribution in [0.3, 0.4) is 0 Å². The minimum Gasteiger partial charge on any atom is -0.317 e. The normalized spacial score (nSPS) is 34.4. The van der Waals surface area contributed by atoms with E-state index in [1.165, 1.54) is 32.5 Å². The van der Waals surface area contributed by atoms with Crippen LogP contribution in [-0.2, 0) is 10.8 Å². The summed E-state index contributed by atoms with van der Waals surface area (Å²) in [6.45, 7) is 3.55. The second-order valence-corrected chi connectivity index (χ2v) is 6.11. The second-order valence-electron chi connectivity index (χ2n) is 4.56. The molecule has 0 bridgehead atoms. The van der Waals surface area contributed by atoms with Crippen LogP contribution in [0.4, 0.5) is 0 Å². The van der Waals surface area contributed by atoms with E-state index < -0.39 is 10.8 Å². The zero-order valence-electron chi connectivity index (χ0n) is 8.87. The smallest absolute Gasteiger partial charge is 0.0400 e. The summed E-state index contributed by atoms with van der Waals surface area (Å²) in [4.78, 5) is 2.41. The monoisotopic (exact) mass is 216 g/mol. The van der Waals surface area contributed by atoms with Gasteiger partial charge in [-0.3, -0.25) is 4.21 Å². The van der Waals surface area contributed by atoms with E-state index in [2.05, 4.69) is 17.3 Å². The molecule has 0 aromatic rings. The molecule has 2 fully saturated rings. The van der Waals surface area contributed by atoms with Crippen molar-refractivity contribution in [1.29, 1.82) is 0 Å². The predicted octanol–water partition coefficient (Wildman–Crippen LogP) is 0.0487. The lowest BCUT2D eigenvalue weighted by molar-refractivity contribution is 0.202. The molecule has 2 aliphatic heterocycles. The maximum Gasteiger partial charge on any atom is 0.0400 e. The van der Waals surface area contributed by atoms with Crippen LogP contribution in [-0.4, -0.2) is 53.3 Å². The molecule has 2 aliphatic rings. The van der Waals surface area contributed by atoms with Crippen LogP contribution in [0.1, 0.15) is 12.8 Å². The predicted molar refractivity (Wildman–Crippen MR) is 59.9 cm³/mol. The van der Waals surface area contributed by atoms with Gasteiger partial charge in [-0.25, -0.2) is 0 Å². The lowest BCUT2D eigenvalue weighted by Crippen LogP contribution is -2.50. The molecule has 1 N–H and O–H groups in total. The number of nitrogens with one attached hydrogen (secondary N) is 1. The maximum atomic E-state index is 11.0. The Morgan fingerprint density at radius 1 is 1.36 bits per heavy atom. The third-order valence-corrected chi connectivity index (χ3v) is 4.90. The van der Waals surface area contributed by atoms with Crippen molar-refractivity contribution < 1.29 is 4.21 Å². The minimum atomic E-state index is -0.503. The fourth-order valence-corrected chi connectivity index (χ4v) is 3.53. The van der Waals surface area contributed by atoms with Crippen molar-refractivity contribution in [3.05, 3.63) is 0 Å². The highest BCUT2D eigenvalue weighted by atomic mass is 32.2. The van der Waals surface area contributed by atoms with Gasteiger partial charge in [-0.1, -0.05) is 0 Å². The maximum absolute atomic E-state index is 11.0. The Kier molecular flexibility index (Phi) is 3.57. The Balaban J connectivity index is 1.70. The molecule has 0 aromatic heterocycles. The molecule has 0 spiro atoms. The minimum absolute atomic E-state index is 0.503. The number of hydrogen-bond acceptors (Lipinski definition) is 3. The summed E-state index contributed by atoms with van der Waals surface area (Å²) >= 11 is 0. The summed E-state index contributed by atoms with van der Waals surface area (Å²) < 4.78 is 11.0. The van der Waals surface area contributed by atoms with E-state index in [9.17, 15) is 4.21 Å². The van der Waals surface area contributed by atoms with E-state index in [1.54, 1.807) is 0 Å². The van der Waals surface area contributed by atoms with Crippen LogP contribution in [0.15, 0.2) is 0 Å². The van der Waals surface area contributed by atoms with Crippen LogP contribution >= 0.6 is 0 Å². The second kappa shape index (κ2) is 4.73. The summed E-state index contributed by atoms with van der Waals surface area (Å²) in [6, 6.07) is 0.603. The van der Waals surface area contributed by atoms with Gasteiger partial charge >= 0.3 is 0 Å². The highest BCUT2D eigenvalue weighted by molar-refractivity contribution is 7.86. The van der Waals surface area contributed by atoms with E-state index in [0.717, 1.165) is 17.4 Å². The summed E-state index contributed by atoms with van der Waals surface area (Å²) in [7, 11) is 1.68. The van der Waals surface area contributed by atoms with Crippen LogP contribution < -0.4 is 5.32 Å². The van der Waals surface area contributed by atoms with Gasteiger partial charge in [0.1, 0.15) is 0 Å². The molecular weight excluding hydrogens is 196 g/mol. The number of nitrogens with zero attached hydrogens (tertiary/aromatic N) is 1. The van der Waals surface area contributed by atoms with E-state index in [1.807, 2.05) is 0 Å². The summed E-state index contributed by atoms with van der Waals surface area (Å²) in [6.07, 6.45) is 2.61. The molecule has 3 nitrogen and oxygen atoms in total. The van der Waals surface area contributed by atoms with Gasteiger partial charge < -0.3 is 10.2 Å². The molecule has 4 heteroatoms. The molecule has 2 rings (SSSR count). The van der Waals surface area contributed by atoms with Crippen LogP contribution in [0.25, 0.3) is 0 Å². The standard InChI is InChI=1S/C10H20N2OS/c1-12(10-7-14(13)8-10)6-9-2-4-11-5-3-9/h9-11H,2-8H2,1H3. The van der Waals surface area contributed by atoms with E-state index in [-0.39, 0.29) is 0 Å². The average molecular weight is 216 g/mol. The summed E-state index contributed by atoms with van der Waals surface area (Å²) in [5.41, 5.74) is 0. The molecule has 0 unspecified atom stereocenters. The van der Waals surface area contributed by atoms with Gasteiger partial charge in [0, 0.05) is 34.9 Å². The van der Waals surface area contributed by atoms with Gasteiger partial charge in [0.2, 0.25) is 0 Å². The van der Waals surface area contributed by atoms with Gasteiger partial charge in [-0.15, -0.1) is 0 Å². The Hall–Kier alpha value is 0.0700. The van der Waals surface area contributed by atoms with Crippen molar-refractivity contribution in [1.82, 2.24) is 10.2 Å². The lowest BCUT2D eigenvalue weighted by Gasteiger charge is -2.37. The van der Waals surface area contributed by atoms with Crippen molar-refractivity contribution in [2.24, 2.45) is 5.92 Å². The number of piperidine rings is 1. The largest absolute Gasteiger partial charge is 0.317 e. The van der Waals surface area contributed by atoms with Crippen molar-refractivity contribution in [3.8, 4) is 0 Å². The zero-order valence-corrected chi connectivity index (χ0v) is 9.68. The number of hydrogen-bond donors (Lipinski definition) is 1. The van der Waals surface area contributed by atoms with E-state index in [4.69, 9.17) is 0 Å². The molecular formula is C10H20N2OS. The number of rotatable bonds is 3. The first-order valence-corrected chi connectivity index (χ1v) is 7.00. The van der Waals surface area contributed by atoms with Crippen molar-refractivity contribution in [2.45, 2.75) is 18.9 Å². The van der Waals surface area contributed by atoms with Crippen LogP contribution in [0, 0.1) is 5.92 Å². The van der Waals surface area contributed by atoms with Gasteiger partial charge in [-0.05, 0) is 38.9 Å². The topological polar surface area (TPSA) is 32.3 Å². The van der Waals surface area contributed by atoms with Crippen LogP contribution in [0.5, 0.6) is 0 Å². The molecule has 0 aromatic carbocycles. The molecule has 0 aliphatic carbocycles. The highest BCUT2D eigenvalue weighted by Gasteiger charge is 2.30. The fraction of sp³-hybridized carbons (Fsp3) is 1.00. The fourth-order valence-electron chi connectivity index (χ4n) is 2.26. The van der Waals surface area contributed by atoms with Gasteiger partial charge in [0.05, 0.1) is 0 Å². The third-order valence-electron chi connectivity index (χ3n) is 3.38. The zero-order chi connectivity index (χ0) is 9.97. The first-order chi connectivity index (χ1) is 6.75. The Labute approximate surface area is 88.7 Å². The summed E-state index contributed by atoms with van der Waals surface area (Å²) in [5.74, 6) is 2.67. The molecule has 0 saturated carbocycles. The quantitative estimate of drug-likeness (QED) is 0.723. The van der Waals surface area contributed by atoms with Gasteiger partial charge in [0.25, 0.3) is 0 Å². The SMILES string of the molecule is CN(CC1CCNCC1)C1CS(=O)C1. The molecule has 2 heterocycles. The Morgan fingerprint density at radius 3 is 2.57 bits per heavy atom. The molecule has 0 amide bonds. The van der Waals surface area contributed by atoms with E-state index in [0.29, 0.717) is 6.04 Å². The summed E-state index contributed by atoms with van der Waals surface area (Å²) in [5, 5.41) is 3.39. The molecule has 2 saturated heterocycles. The molecule has 0 radical (unpaired) electrons. The van der Waals surface area contributed by atoms with E-state index >= 15 is 0 Å². The Morgan fingerprint density at radius 2 is 2.00 bits per heavy atom. The van der Waals surface area contributed by atoms with Crippen molar-refractivity contribution in [2.75, 3.05) is 38.2 Å². The molecule has 14 heavy (non-hydrogen) atoms. The van der Waals surface area contributed by atoms with Crippen molar-refractivity contribution in [3.63, 3.8) is 0 Å². The average Bonchev–Trinajstić information content (AvgIpc) is 2.14. The third kappa shape index (κ3) is 2.55. The van der Waals surface area contributed by atoms with Crippen molar-refractivity contribution >= 4 is 10.8 Å². The van der Waals surface area contributed by atoms with Crippen LogP contribution in [0.2, 0.25) is 0 Å². The first kappa shape index (κ1) is 10.6.